The zero-order chi connectivity index (χ0) is 11.3. The molecule has 1 atom stereocenters. The van der Waals surface area contributed by atoms with Gasteiger partial charge in [0.05, 0.1) is 18.2 Å². The molecule has 4 heteroatoms. The number of nitrogens with zero attached hydrogens (tertiary/aromatic N) is 1. The van der Waals surface area contributed by atoms with Crippen LogP contribution in [-0.2, 0) is 9.53 Å². The van der Waals surface area contributed by atoms with Crippen LogP contribution in [-0.4, -0.2) is 17.7 Å². The summed E-state index contributed by atoms with van der Waals surface area (Å²) < 4.78 is 4.66. The van der Waals surface area contributed by atoms with Gasteiger partial charge in [-0.25, -0.2) is 4.79 Å². The van der Waals surface area contributed by atoms with Crippen molar-refractivity contribution in [3.63, 3.8) is 0 Å². The molecule has 0 saturated heterocycles. The van der Waals surface area contributed by atoms with Crippen molar-refractivity contribution in [2.24, 2.45) is 0 Å². The highest BCUT2D eigenvalue weighted by Crippen LogP contribution is 2.14. The maximum absolute atomic E-state index is 11.2. The van der Waals surface area contributed by atoms with Crippen LogP contribution in [0.4, 0.5) is 0 Å². The minimum atomic E-state index is -1.28. The Balaban J connectivity index is 2.79. The van der Waals surface area contributed by atoms with Gasteiger partial charge in [0.25, 0.3) is 0 Å². The minimum Gasteiger partial charge on any atom is -0.464 e. The molecule has 0 aromatic heterocycles. The number of hydrogen-bond acceptors (Lipinski definition) is 4. The number of hydrogen-bond donors (Lipinski definition) is 1. The standard InChI is InChI=1S/C11H11NO3/c1-2-15-11(14)10(13)9-5-3-8(7-12)4-6-9/h3-6,10,13H,2H2,1H3/t10-/m0/s1. The van der Waals surface area contributed by atoms with Crippen molar-refractivity contribution in [1.29, 1.82) is 5.26 Å². The molecule has 1 aromatic carbocycles. The third-order valence-corrected chi connectivity index (χ3v) is 1.87. The van der Waals surface area contributed by atoms with Gasteiger partial charge in [0.2, 0.25) is 0 Å². The molecular formula is C11H11NO3. The van der Waals surface area contributed by atoms with Gasteiger partial charge < -0.3 is 9.84 Å². The summed E-state index contributed by atoms with van der Waals surface area (Å²) in [6, 6.07) is 8.08. The SMILES string of the molecule is CCOC(=O)[C@@H](O)c1ccc(C#N)cc1. The van der Waals surface area contributed by atoms with E-state index in [0.717, 1.165) is 0 Å². The summed E-state index contributed by atoms with van der Waals surface area (Å²) in [4.78, 5) is 11.2. The summed E-state index contributed by atoms with van der Waals surface area (Å²) in [5, 5.41) is 18.1. The zero-order valence-electron chi connectivity index (χ0n) is 8.30. The molecular weight excluding hydrogens is 194 g/mol. The Morgan fingerprint density at radius 2 is 2.13 bits per heavy atom. The highest BCUT2D eigenvalue weighted by atomic mass is 16.5. The topological polar surface area (TPSA) is 70.3 Å². The van der Waals surface area contributed by atoms with Crippen molar-refractivity contribution in [3.05, 3.63) is 35.4 Å². The van der Waals surface area contributed by atoms with Crippen LogP contribution < -0.4 is 0 Å². The zero-order valence-corrected chi connectivity index (χ0v) is 8.30. The lowest BCUT2D eigenvalue weighted by Crippen LogP contribution is -2.15. The number of rotatable bonds is 3. The molecule has 4 nitrogen and oxygen atoms in total. The number of benzene rings is 1. The van der Waals surface area contributed by atoms with Crippen LogP contribution >= 0.6 is 0 Å². The average molecular weight is 205 g/mol. The van der Waals surface area contributed by atoms with Crippen LogP contribution in [0.3, 0.4) is 0 Å². The molecule has 0 aliphatic rings. The quantitative estimate of drug-likeness (QED) is 0.751. The molecule has 0 aliphatic carbocycles. The highest BCUT2D eigenvalue weighted by Gasteiger charge is 2.17. The fourth-order valence-corrected chi connectivity index (χ4v) is 1.10. The van der Waals surface area contributed by atoms with Crippen LogP contribution in [0.1, 0.15) is 24.2 Å². The molecule has 0 radical (unpaired) electrons. The summed E-state index contributed by atoms with van der Waals surface area (Å²) in [6.45, 7) is 1.90. The van der Waals surface area contributed by atoms with E-state index in [1.54, 1.807) is 6.92 Å². The fourth-order valence-electron chi connectivity index (χ4n) is 1.10. The molecule has 0 amide bonds. The molecule has 15 heavy (non-hydrogen) atoms. The Hall–Kier alpha value is -1.86. The van der Waals surface area contributed by atoms with E-state index < -0.39 is 12.1 Å². The molecule has 0 aliphatic heterocycles. The smallest absolute Gasteiger partial charge is 0.339 e. The maximum atomic E-state index is 11.2. The average Bonchev–Trinajstić information content (AvgIpc) is 2.28. The predicted molar refractivity (Wildman–Crippen MR) is 52.7 cm³/mol. The van der Waals surface area contributed by atoms with Crippen LogP contribution in [0.25, 0.3) is 0 Å². The fraction of sp³-hybridized carbons (Fsp3) is 0.273. The van der Waals surface area contributed by atoms with Gasteiger partial charge in [0.15, 0.2) is 6.10 Å². The summed E-state index contributed by atoms with van der Waals surface area (Å²) in [5.74, 6) is -0.679. The van der Waals surface area contributed by atoms with E-state index in [0.29, 0.717) is 11.1 Å². The number of ether oxygens (including phenoxy) is 1. The monoisotopic (exact) mass is 205 g/mol. The van der Waals surface area contributed by atoms with Crippen LogP contribution in [0.15, 0.2) is 24.3 Å². The van der Waals surface area contributed by atoms with Gasteiger partial charge >= 0.3 is 5.97 Å². The number of nitriles is 1. The van der Waals surface area contributed by atoms with E-state index >= 15 is 0 Å². The van der Waals surface area contributed by atoms with Crippen molar-refractivity contribution in [1.82, 2.24) is 0 Å². The number of carbonyl (C=O) groups excluding carboxylic acids is 1. The van der Waals surface area contributed by atoms with Gasteiger partial charge in [-0.2, -0.15) is 5.26 Å². The van der Waals surface area contributed by atoms with Crippen LogP contribution in [0.2, 0.25) is 0 Å². The van der Waals surface area contributed by atoms with Crippen molar-refractivity contribution < 1.29 is 14.6 Å². The van der Waals surface area contributed by atoms with Crippen molar-refractivity contribution in [2.45, 2.75) is 13.0 Å². The van der Waals surface area contributed by atoms with Gasteiger partial charge in [-0.15, -0.1) is 0 Å². The van der Waals surface area contributed by atoms with Gasteiger partial charge in [-0.1, -0.05) is 12.1 Å². The molecule has 0 fully saturated rings. The lowest BCUT2D eigenvalue weighted by molar-refractivity contribution is -0.153. The molecule has 0 saturated carbocycles. The molecule has 0 bridgehead atoms. The summed E-state index contributed by atoms with van der Waals surface area (Å²) in [6.07, 6.45) is -1.28. The second-order valence-corrected chi connectivity index (χ2v) is 2.89. The molecule has 1 rings (SSSR count). The van der Waals surface area contributed by atoms with Gasteiger partial charge in [0.1, 0.15) is 0 Å². The minimum absolute atomic E-state index is 0.228. The maximum Gasteiger partial charge on any atom is 0.339 e. The van der Waals surface area contributed by atoms with Gasteiger partial charge in [-0.05, 0) is 24.6 Å². The number of esters is 1. The first kappa shape index (κ1) is 11.2. The number of carbonyl (C=O) groups is 1. The van der Waals surface area contributed by atoms with Crippen molar-refractivity contribution in [3.8, 4) is 6.07 Å². The Morgan fingerprint density at radius 1 is 1.53 bits per heavy atom. The molecule has 0 unspecified atom stereocenters. The van der Waals surface area contributed by atoms with E-state index in [-0.39, 0.29) is 6.61 Å². The van der Waals surface area contributed by atoms with E-state index in [9.17, 15) is 9.90 Å². The van der Waals surface area contributed by atoms with Crippen molar-refractivity contribution >= 4 is 5.97 Å². The summed E-state index contributed by atoms with van der Waals surface area (Å²) in [5.41, 5.74) is 0.905. The molecule has 78 valence electrons. The van der Waals surface area contributed by atoms with E-state index in [1.807, 2.05) is 6.07 Å². The highest BCUT2D eigenvalue weighted by molar-refractivity contribution is 5.76. The first-order chi connectivity index (χ1) is 7.19. The first-order valence-electron chi connectivity index (χ1n) is 4.53. The molecule has 1 N–H and O–H groups in total. The second-order valence-electron chi connectivity index (χ2n) is 2.89. The van der Waals surface area contributed by atoms with Crippen molar-refractivity contribution in [2.75, 3.05) is 6.61 Å². The van der Waals surface area contributed by atoms with E-state index in [1.165, 1.54) is 24.3 Å². The number of aliphatic hydroxyl groups is 1. The lowest BCUT2D eigenvalue weighted by Gasteiger charge is -2.09. The van der Waals surface area contributed by atoms with Crippen LogP contribution in [0.5, 0.6) is 0 Å². The normalized spacial score (nSPS) is 11.5. The largest absolute Gasteiger partial charge is 0.464 e. The third kappa shape index (κ3) is 2.79. The molecule has 1 aromatic rings. The summed E-state index contributed by atoms with van der Waals surface area (Å²) >= 11 is 0. The Morgan fingerprint density at radius 3 is 2.60 bits per heavy atom. The first-order valence-corrected chi connectivity index (χ1v) is 4.53. The summed E-state index contributed by atoms with van der Waals surface area (Å²) in [7, 11) is 0. The Labute approximate surface area is 87.7 Å². The predicted octanol–water partition coefficient (Wildman–Crippen LogP) is 1.15. The molecule has 0 spiro atoms. The van der Waals surface area contributed by atoms with E-state index in [4.69, 9.17) is 5.26 Å². The second kappa shape index (κ2) is 5.13. The third-order valence-electron chi connectivity index (χ3n) is 1.87. The molecule has 0 heterocycles. The van der Waals surface area contributed by atoms with Crippen LogP contribution in [0, 0.1) is 11.3 Å². The Kier molecular flexibility index (Phi) is 3.83. The van der Waals surface area contributed by atoms with E-state index in [2.05, 4.69) is 4.74 Å². The number of aliphatic hydroxyl groups excluding tert-OH is 1. The Bertz CT molecular complexity index is 378. The van der Waals surface area contributed by atoms with Gasteiger partial charge in [0, 0.05) is 0 Å². The lowest BCUT2D eigenvalue weighted by atomic mass is 10.1. The van der Waals surface area contributed by atoms with Gasteiger partial charge in [-0.3, -0.25) is 0 Å².